The van der Waals surface area contributed by atoms with E-state index in [1.807, 2.05) is 18.2 Å². The molecular formula is C24H16F3IN4OS. The van der Waals surface area contributed by atoms with Gasteiger partial charge in [-0.15, -0.1) is 0 Å². The van der Waals surface area contributed by atoms with E-state index in [9.17, 15) is 13.2 Å². The molecule has 3 aromatic carbocycles. The summed E-state index contributed by atoms with van der Waals surface area (Å²) in [6.07, 6.45) is 2.16. The van der Waals surface area contributed by atoms with Gasteiger partial charge in [0, 0.05) is 38.7 Å². The molecule has 5 rings (SSSR count). The number of H-pyrrole nitrogens is 2. The average Bonchev–Trinajstić information content (AvgIpc) is 3.46. The minimum atomic E-state index is -2.73. The summed E-state index contributed by atoms with van der Waals surface area (Å²) in [4.78, 5) is 7.44. The highest BCUT2D eigenvalue weighted by atomic mass is 127. The van der Waals surface area contributed by atoms with E-state index >= 15 is 0 Å². The van der Waals surface area contributed by atoms with E-state index in [-0.39, 0.29) is 28.2 Å². The minimum Gasteiger partial charge on any atom is -0.453 e. The van der Waals surface area contributed by atoms with Crippen molar-refractivity contribution in [1.29, 1.82) is 0 Å². The molecule has 0 amide bonds. The first-order valence-corrected chi connectivity index (χ1v) is 12.1. The second kappa shape index (κ2) is 9.71. The maximum atomic E-state index is 14.8. The van der Waals surface area contributed by atoms with Gasteiger partial charge in [-0.05, 0) is 58.5 Å². The maximum absolute atomic E-state index is 14.8. The number of aromatic nitrogens is 4. The third-order valence-electron chi connectivity index (χ3n) is 5.03. The zero-order valence-corrected chi connectivity index (χ0v) is 20.3. The zero-order valence-electron chi connectivity index (χ0n) is 17.4. The number of alkyl halides is 2. The van der Waals surface area contributed by atoms with Crippen LogP contribution >= 0.6 is 34.4 Å². The molecule has 0 radical (unpaired) electrons. The third-order valence-corrected chi connectivity index (χ3v) is 6.52. The molecule has 2 N–H and O–H groups in total. The van der Waals surface area contributed by atoms with Crippen molar-refractivity contribution >= 4 is 45.3 Å². The largest absolute Gasteiger partial charge is 0.453 e. The summed E-state index contributed by atoms with van der Waals surface area (Å²) in [6, 6.07) is 17.7. The van der Waals surface area contributed by atoms with Crippen LogP contribution in [0.4, 0.5) is 13.2 Å². The summed E-state index contributed by atoms with van der Waals surface area (Å²) in [6.45, 7) is 0. The van der Waals surface area contributed by atoms with Crippen LogP contribution in [0.1, 0.15) is 11.4 Å². The summed E-state index contributed by atoms with van der Waals surface area (Å²) in [5, 5.41) is 7.70. The number of ether oxygens (including phenoxy) is 1. The molecule has 2 heterocycles. The molecule has 5 aromatic rings. The number of rotatable bonds is 7. The van der Waals surface area contributed by atoms with Gasteiger partial charge in [-0.25, -0.2) is 9.37 Å². The molecule has 172 valence electrons. The summed E-state index contributed by atoms with van der Waals surface area (Å²) in [5.74, 6) is -2.28. The SMILES string of the molecule is Fc1cc2[nH]ccc2c(SC(F)F)c1Oc1cccc(-c2n[nH]c(Cc3cccc(I)c3)n2)c1. The first kappa shape index (κ1) is 22.8. The van der Waals surface area contributed by atoms with Crippen molar-refractivity contribution in [3.05, 3.63) is 87.6 Å². The van der Waals surface area contributed by atoms with Crippen molar-refractivity contribution < 1.29 is 17.9 Å². The Labute approximate surface area is 210 Å². The molecule has 0 unspecified atom stereocenters. The van der Waals surface area contributed by atoms with E-state index in [2.05, 4.69) is 48.8 Å². The van der Waals surface area contributed by atoms with Crippen LogP contribution in [0.15, 0.2) is 71.8 Å². The molecule has 0 saturated heterocycles. The first-order valence-electron chi connectivity index (χ1n) is 10.1. The fourth-order valence-corrected chi connectivity index (χ4v) is 4.92. The lowest BCUT2D eigenvalue weighted by Crippen LogP contribution is -1.95. The number of fused-ring (bicyclic) bond motifs is 1. The summed E-state index contributed by atoms with van der Waals surface area (Å²) in [7, 11) is 0. The number of hydrogen-bond donors (Lipinski definition) is 2. The van der Waals surface area contributed by atoms with Gasteiger partial charge in [0.15, 0.2) is 17.4 Å². The number of aromatic amines is 2. The van der Waals surface area contributed by atoms with Crippen molar-refractivity contribution in [3.8, 4) is 22.9 Å². The summed E-state index contributed by atoms with van der Waals surface area (Å²) >= 11 is 2.51. The quantitative estimate of drug-likeness (QED) is 0.153. The highest BCUT2D eigenvalue weighted by Crippen LogP contribution is 2.43. The van der Waals surface area contributed by atoms with Gasteiger partial charge in [-0.3, -0.25) is 5.10 Å². The Morgan fingerprint density at radius 1 is 1.06 bits per heavy atom. The molecule has 2 aromatic heterocycles. The normalized spacial score (nSPS) is 11.4. The lowest BCUT2D eigenvalue weighted by atomic mass is 10.1. The molecular weight excluding hydrogens is 576 g/mol. The van der Waals surface area contributed by atoms with Crippen LogP contribution in [0.25, 0.3) is 22.3 Å². The Balaban J connectivity index is 1.43. The van der Waals surface area contributed by atoms with E-state index in [0.717, 1.165) is 9.13 Å². The van der Waals surface area contributed by atoms with Crippen LogP contribution in [-0.2, 0) is 6.42 Å². The number of thioether (sulfide) groups is 1. The average molecular weight is 592 g/mol. The molecule has 0 spiro atoms. The molecule has 0 saturated carbocycles. The van der Waals surface area contributed by atoms with Crippen LogP contribution in [-0.4, -0.2) is 25.9 Å². The van der Waals surface area contributed by atoms with Crippen LogP contribution in [0.3, 0.4) is 0 Å². The summed E-state index contributed by atoms with van der Waals surface area (Å²) in [5.41, 5.74) is 2.17. The monoisotopic (exact) mass is 592 g/mol. The van der Waals surface area contributed by atoms with E-state index in [0.29, 0.717) is 34.5 Å². The predicted molar refractivity (Wildman–Crippen MR) is 134 cm³/mol. The smallest absolute Gasteiger partial charge is 0.289 e. The topological polar surface area (TPSA) is 66.6 Å². The molecule has 0 aliphatic carbocycles. The molecule has 10 heteroatoms. The van der Waals surface area contributed by atoms with Gasteiger partial charge < -0.3 is 9.72 Å². The Kier molecular flexibility index (Phi) is 6.50. The van der Waals surface area contributed by atoms with E-state index < -0.39 is 11.6 Å². The lowest BCUT2D eigenvalue weighted by molar-refractivity contribution is 0.252. The Morgan fingerprint density at radius 3 is 2.74 bits per heavy atom. The van der Waals surface area contributed by atoms with Crippen molar-refractivity contribution in [2.45, 2.75) is 17.1 Å². The van der Waals surface area contributed by atoms with Gasteiger partial charge in [0.05, 0.1) is 4.90 Å². The number of benzene rings is 3. The second-order valence-electron chi connectivity index (χ2n) is 7.38. The number of nitrogens with one attached hydrogen (secondary N) is 2. The van der Waals surface area contributed by atoms with Gasteiger partial charge in [0.1, 0.15) is 11.6 Å². The molecule has 0 atom stereocenters. The lowest BCUT2D eigenvalue weighted by Gasteiger charge is -2.13. The Hall–Kier alpha value is -2.99. The highest BCUT2D eigenvalue weighted by Gasteiger charge is 2.21. The fourth-order valence-electron chi connectivity index (χ4n) is 3.58. The van der Waals surface area contributed by atoms with Gasteiger partial charge >= 0.3 is 0 Å². The third kappa shape index (κ3) is 4.92. The first-order chi connectivity index (χ1) is 16.5. The molecule has 5 nitrogen and oxygen atoms in total. The number of nitrogens with zero attached hydrogens (tertiary/aromatic N) is 2. The van der Waals surface area contributed by atoms with Crippen LogP contribution in [0.5, 0.6) is 11.5 Å². The van der Waals surface area contributed by atoms with E-state index in [1.165, 1.54) is 6.07 Å². The van der Waals surface area contributed by atoms with Crippen molar-refractivity contribution in [1.82, 2.24) is 20.2 Å². The van der Waals surface area contributed by atoms with Gasteiger partial charge in [0.2, 0.25) is 0 Å². The van der Waals surface area contributed by atoms with Crippen LogP contribution < -0.4 is 4.74 Å². The Bertz CT molecular complexity index is 1470. The summed E-state index contributed by atoms with van der Waals surface area (Å²) < 4.78 is 48.2. The van der Waals surface area contributed by atoms with E-state index in [1.54, 1.807) is 36.5 Å². The Morgan fingerprint density at radius 2 is 1.91 bits per heavy atom. The zero-order chi connectivity index (χ0) is 23.7. The van der Waals surface area contributed by atoms with Crippen molar-refractivity contribution in [2.75, 3.05) is 0 Å². The second-order valence-corrected chi connectivity index (χ2v) is 9.62. The van der Waals surface area contributed by atoms with Crippen molar-refractivity contribution in [3.63, 3.8) is 0 Å². The minimum absolute atomic E-state index is 0.0364. The molecule has 0 aliphatic rings. The van der Waals surface area contributed by atoms with Gasteiger partial charge in [0.25, 0.3) is 5.76 Å². The van der Waals surface area contributed by atoms with Crippen LogP contribution in [0.2, 0.25) is 0 Å². The predicted octanol–water partition coefficient (Wildman–Crippen LogP) is 7.39. The van der Waals surface area contributed by atoms with Crippen LogP contribution in [0, 0.1) is 9.39 Å². The molecule has 34 heavy (non-hydrogen) atoms. The standard InChI is InChI=1S/C24H16F3IN4OS/c25-18-12-19-17(7-8-29-19)22(34-24(26)27)21(18)33-16-6-2-4-14(11-16)23-30-20(31-32-23)10-13-3-1-5-15(28)9-13/h1-9,11-12,24,29H,10H2,(H,30,31,32). The molecule has 0 bridgehead atoms. The fraction of sp³-hybridized carbons (Fsp3) is 0.0833. The highest BCUT2D eigenvalue weighted by molar-refractivity contribution is 14.1. The number of hydrogen-bond acceptors (Lipinski definition) is 4. The number of halogens is 4. The van der Waals surface area contributed by atoms with E-state index in [4.69, 9.17) is 4.74 Å². The molecule has 0 aliphatic heterocycles. The maximum Gasteiger partial charge on any atom is 0.289 e. The van der Waals surface area contributed by atoms with Gasteiger partial charge in [-0.1, -0.05) is 36.0 Å². The van der Waals surface area contributed by atoms with Crippen molar-refractivity contribution in [2.24, 2.45) is 0 Å². The molecule has 0 fully saturated rings. The van der Waals surface area contributed by atoms with Gasteiger partial charge in [-0.2, -0.15) is 13.9 Å².